The molecule has 12 heteroatoms. The average molecular weight is 520 g/mol. The summed E-state index contributed by atoms with van der Waals surface area (Å²) in [5.41, 5.74) is -1.05. The number of nitrogens with zero attached hydrogens (tertiary/aromatic N) is 2. The first-order valence-electron chi connectivity index (χ1n) is 10.7. The summed E-state index contributed by atoms with van der Waals surface area (Å²) < 4.78 is 82.3. The fourth-order valence-electron chi connectivity index (χ4n) is 3.65. The number of benzene rings is 2. The number of carbonyl (C=O) groups excluding carboxylic acids is 2. The molecule has 2 amide bonds. The van der Waals surface area contributed by atoms with E-state index in [2.05, 4.69) is 10.3 Å². The highest BCUT2D eigenvalue weighted by molar-refractivity contribution is 6.04. The van der Waals surface area contributed by atoms with Crippen molar-refractivity contribution in [2.75, 3.05) is 5.32 Å². The van der Waals surface area contributed by atoms with Gasteiger partial charge < -0.3 is 10.6 Å². The highest BCUT2D eigenvalue weighted by Crippen LogP contribution is 2.35. The summed E-state index contributed by atoms with van der Waals surface area (Å²) in [6.45, 7) is 1.57. The highest BCUT2D eigenvalue weighted by atomic mass is 19.4. The van der Waals surface area contributed by atoms with Gasteiger partial charge in [-0.3, -0.25) is 14.0 Å². The van der Waals surface area contributed by atoms with E-state index < -0.39 is 46.9 Å². The van der Waals surface area contributed by atoms with Crippen LogP contribution in [0.3, 0.4) is 0 Å². The molecule has 0 spiro atoms. The molecule has 2 aromatic heterocycles. The van der Waals surface area contributed by atoms with Crippen LogP contribution >= 0.6 is 0 Å². The summed E-state index contributed by atoms with van der Waals surface area (Å²) in [6.07, 6.45) is -6.85. The Kier molecular flexibility index (Phi) is 6.68. The van der Waals surface area contributed by atoms with E-state index in [4.69, 9.17) is 0 Å². The van der Waals surface area contributed by atoms with Crippen LogP contribution < -0.4 is 10.6 Å². The van der Waals surface area contributed by atoms with Gasteiger partial charge in [-0.25, -0.2) is 4.98 Å². The maximum absolute atomic E-state index is 13.9. The molecular weight excluding hydrogens is 502 g/mol. The third kappa shape index (κ3) is 5.57. The molecule has 4 aromatic rings. The van der Waals surface area contributed by atoms with Gasteiger partial charge in [-0.2, -0.15) is 26.3 Å². The number of amides is 2. The van der Waals surface area contributed by atoms with Gasteiger partial charge in [0.15, 0.2) is 6.04 Å². The van der Waals surface area contributed by atoms with Crippen LogP contribution in [0.1, 0.15) is 43.6 Å². The Balaban J connectivity index is 1.62. The van der Waals surface area contributed by atoms with Crippen LogP contribution in [-0.4, -0.2) is 27.4 Å². The number of aromatic nitrogens is 2. The van der Waals surface area contributed by atoms with Crippen molar-refractivity contribution in [2.45, 2.75) is 25.3 Å². The molecule has 0 bridgehead atoms. The lowest BCUT2D eigenvalue weighted by atomic mass is 10.0. The fraction of sp³-hybridized carbons (Fsp3) is 0.160. The van der Waals surface area contributed by atoms with Gasteiger partial charge in [-0.05, 0) is 54.4 Å². The zero-order chi connectivity index (χ0) is 27.0. The van der Waals surface area contributed by atoms with Crippen LogP contribution in [0.2, 0.25) is 0 Å². The Morgan fingerprint density at radius 2 is 1.68 bits per heavy atom. The van der Waals surface area contributed by atoms with Crippen molar-refractivity contribution in [2.24, 2.45) is 0 Å². The van der Waals surface area contributed by atoms with Gasteiger partial charge in [-0.1, -0.05) is 24.3 Å². The van der Waals surface area contributed by atoms with E-state index in [0.717, 1.165) is 24.3 Å². The number of imidazole rings is 1. The minimum Gasteiger partial charge on any atom is -0.337 e. The maximum atomic E-state index is 13.9. The van der Waals surface area contributed by atoms with E-state index >= 15 is 0 Å². The predicted molar refractivity (Wildman–Crippen MR) is 122 cm³/mol. The summed E-state index contributed by atoms with van der Waals surface area (Å²) in [7, 11) is 0. The van der Waals surface area contributed by atoms with Gasteiger partial charge in [0, 0.05) is 17.4 Å². The molecular formula is C25H18F6N4O2. The van der Waals surface area contributed by atoms with E-state index in [-0.39, 0.29) is 11.4 Å². The molecule has 0 aliphatic heterocycles. The lowest BCUT2D eigenvalue weighted by Crippen LogP contribution is -2.38. The number of alkyl halides is 6. The lowest BCUT2D eigenvalue weighted by molar-refractivity contribution is -0.155. The molecule has 37 heavy (non-hydrogen) atoms. The Morgan fingerprint density at radius 1 is 0.919 bits per heavy atom. The molecule has 0 aliphatic carbocycles. The number of anilines is 1. The van der Waals surface area contributed by atoms with Gasteiger partial charge in [0.25, 0.3) is 11.8 Å². The summed E-state index contributed by atoms with van der Waals surface area (Å²) in [5, 5.41) is 4.32. The second kappa shape index (κ2) is 9.60. The van der Waals surface area contributed by atoms with E-state index in [1.165, 1.54) is 16.7 Å². The SMILES string of the molecule is Cc1ccc([C@@H](NC(=O)c2cccc(C(F)(F)F)c2)C(F)(F)F)cc1NC(=O)c1cnc2ccccn12. The molecule has 0 saturated carbocycles. The van der Waals surface area contributed by atoms with Crippen LogP contribution in [0.15, 0.2) is 73.1 Å². The number of hydrogen-bond acceptors (Lipinski definition) is 3. The number of carbonyl (C=O) groups is 2. The van der Waals surface area contributed by atoms with Crippen molar-refractivity contribution in [3.63, 3.8) is 0 Å². The molecule has 6 nitrogen and oxygen atoms in total. The van der Waals surface area contributed by atoms with Crippen molar-refractivity contribution >= 4 is 23.1 Å². The van der Waals surface area contributed by atoms with Crippen LogP contribution in [0, 0.1) is 6.92 Å². The highest BCUT2D eigenvalue weighted by Gasteiger charge is 2.42. The number of rotatable bonds is 5. The maximum Gasteiger partial charge on any atom is 0.416 e. The van der Waals surface area contributed by atoms with Crippen molar-refractivity contribution in [1.82, 2.24) is 14.7 Å². The number of aryl methyl sites for hydroxylation is 1. The van der Waals surface area contributed by atoms with E-state index in [1.54, 1.807) is 36.6 Å². The Bertz CT molecular complexity index is 1480. The molecule has 0 unspecified atom stereocenters. The van der Waals surface area contributed by atoms with Crippen molar-refractivity contribution in [3.05, 3.63) is 101 Å². The average Bonchev–Trinajstić information content (AvgIpc) is 3.27. The molecule has 0 saturated heterocycles. The molecule has 192 valence electrons. The molecule has 2 aromatic carbocycles. The first-order chi connectivity index (χ1) is 17.3. The number of pyridine rings is 1. The Labute approximate surface area is 205 Å². The number of nitrogens with one attached hydrogen (secondary N) is 2. The molecule has 4 rings (SSSR count). The fourth-order valence-corrected chi connectivity index (χ4v) is 3.65. The molecule has 2 N–H and O–H groups in total. The summed E-state index contributed by atoms with van der Waals surface area (Å²) in [4.78, 5) is 29.4. The van der Waals surface area contributed by atoms with Crippen LogP contribution in [0.4, 0.5) is 32.0 Å². The van der Waals surface area contributed by atoms with Gasteiger partial charge in [0.2, 0.25) is 0 Å². The van der Waals surface area contributed by atoms with Crippen molar-refractivity contribution in [3.8, 4) is 0 Å². The van der Waals surface area contributed by atoms with Crippen molar-refractivity contribution in [1.29, 1.82) is 0 Å². The second-order valence-corrected chi connectivity index (χ2v) is 8.13. The zero-order valence-corrected chi connectivity index (χ0v) is 19.0. The van der Waals surface area contributed by atoms with Gasteiger partial charge in [-0.15, -0.1) is 0 Å². The van der Waals surface area contributed by atoms with Gasteiger partial charge >= 0.3 is 12.4 Å². The minimum atomic E-state index is -4.99. The second-order valence-electron chi connectivity index (χ2n) is 8.13. The first kappa shape index (κ1) is 25.7. The molecule has 1 atom stereocenters. The molecule has 0 radical (unpaired) electrons. The van der Waals surface area contributed by atoms with Crippen LogP contribution in [-0.2, 0) is 6.18 Å². The number of hydrogen-bond donors (Lipinski definition) is 2. The molecule has 0 aliphatic rings. The van der Waals surface area contributed by atoms with Gasteiger partial charge in [0.1, 0.15) is 11.3 Å². The predicted octanol–water partition coefficient (Wildman–Crippen LogP) is 5.95. The van der Waals surface area contributed by atoms with Gasteiger partial charge in [0.05, 0.1) is 11.8 Å². The molecule has 2 heterocycles. The van der Waals surface area contributed by atoms with E-state index in [9.17, 15) is 35.9 Å². The smallest absolute Gasteiger partial charge is 0.337 e. The summed E-state index contributed by atoms with van der Waals surface area (Å²) in [6, 6.07) is 9.11. The van der Waals surface area contributed by atoms with E-state index in [0.29, 0.717) is 23.3 Å². The monoisotopic (exact) mass is 520 g/mol. The van der Waals surface area contributed by atoms with Crippen LogP contribution in [0.5, 0.6) is 0 Å². The first-order valence-corrected chi connectivity index (χ1v) is 10.7. The van der Waals surface area contributed by atoms with E-state index in [1.807, 2.05) is 0 Å². The Morgan fingerprint density at radius 3 is 2.38 bits per heavy atom. The van der Waals surface area contributed by atoms with Crippen molar-refractivity contribution < 1.29 is 35.9 Å². The third-order valence-corrected chi connectivity index (χ3v) is 5.55. The summed E-state index contributed by atoms with van der Waals surface area (Å²) >= 11 is 0. The largest absolute Gasteiger partial charge is 0.416 e. The summed E-state index contributed by atoms with van der Waals surface area (Å²) in [5.74, 6) is -1.97. The molecule has 0 fully saturated rings. The third-order valence-electron chi connectivity index (χ3n) is 5.55. The normalized spacial score (nSPS) is 12.8. The lowest BCUT2D eigenvalue weighted by Gasteiger charge is -2.23. The van der Waals surface area contributed by atoms with Crippen LogP contribution in [0.25, 0.3) is 5.65 Å². The Hall–Kier alpha value is -4.35. The minimum absolute atomic E-state index is 0.0518. The standard InChI is InChI=1S/C25H18F6N4O2/c1-14-8-9-15(12-18(14)33-23(37)19-13-32-20-7-2-3-10-35(19)20)21(25(29,30)31)34-22(36)16-5-4-6-17(11-16)24(26,27)28/h2-13,21H,1H3,(H,33,37)(H,34,36)/t21-/m1/s1. The number of halogens is 6. The quantitative estimate of drug-likeness (QED) is 0.320. The number of fused-ring (bicyclic) bond motifs is 1. The topological polar surface area (TPSA) is 75.5 Å². The zero-order valence-electron chi connectivity index (χ0n) is 19.0.